The van der Waals surface area contributed by atoms with Crippen LogP contribution in [0, 0.1) is 44.9 Å². The molecule has 0 heterocycles. The largest absolute Gasteiger partial charge is 0.508 e. The summed E-state index contributed by atoms with van der Waals surface area (Å²) in [5.41, 5.74) is 17.4. The summed E-state index contributed by atoms with van der Waals surface area (Å²) in [5, 5.41) is 28.3. The zero-order valence-electron chi connectivity index (χ0n) is 85.4. The first kappa shape index (κ1) is 111. The molecular weight excluding hydrogens is 1820 g/mol. The van der Waals surface area contributed by atoms with Crippen LogP contribution in [0.25, 0.3) is 44.5 Å². The zero-order valence-corrected chi connectivity index (χ0v) is 86.9. The Hall–Kier alpha value is -11.4. The van der Waals surface area contributed by atoms with Gasteiger partial charge < -0.3 is 67.4 Å². The number of aliphatic carboxylic acids is 2. The van der Waals surface area contributed by atoms with Crippen molar-refractivity contribution in [1.29, 1.82) is 0 Å². The molecular formula is C117H138Cl2F4O17. The summed E-state index contributed by atoms with van der Waals surface area (Å²) < 4.78 is 121. The quantitative estimate of drug-likeness (QED) is 0.0217. The van der Waals surface area contributed by atoms with E-state index >= 15 is 0 Å². The van der Waals surface area contributed by atoms with Gasteiger partial charge in [-0.1, -0.05) is 183 Å². The molecule has 0 amide bonds. The van der Waals surface area contributed by atoms with Crippen molar-refractivity contribution in [2.24, 2.45) is 21.7 Å². The molecule has 0 fully saturated rings. The molecule has 0 aromatic heterocycles. The third kappa shape index (κ3) is 27.3. The molecule has 0 unspecified atom stereocenters. The summed E-state index contributed by atoms with van der Waals surface area (Å²) in [6.07, 6.45) is 4.86. The van der Waals surface area contributed by atoms with Crippen molar-refractivity contribution in [2.45, 2.75) is 227 Å². The second-order valence-corrected chi connectivity index (χ2v) is 41.9. The summed E-state index contributed by atoms with van der Waals surface area (Å²) in [6, 6.07) is 59.7. The lowest BCUT2D eigenvalue weighted by Gasteiger charge is -2.32. The van der Waals surface area contributed by atoms with Crippen molar-refractivity contribution >= 4 is 41.1 Å². The number of carboxylic acid groups (broad SMARTS) is 2. The molecule has 0 radical (unpaired) electrons. The van der Waals surface area contributed by atoms with Crippen LogP contribution in [-0.2, 0) is 98.5 Å². The van der Waals surface area contributed by atoms with Gasteiger partial charge in [0.2, 0.25) is 0 Å². The number of carbonyl (C=O) groups excluding carboxylic acids is 1. The summed E-state index contributed by atoms with van der Waals surface area (Å²) in [6.45, 7) is 31.8. The number of alkyl halides is 2. The molecule has 11 aromatic carbocycles. The number of methoxy groups -OCH3 is 9. The van der Waals surface area contributed by atoms with Crippen LogP contribution in [0.15, 0.2) is 200 Å². The zero-order chi connectivity index (χ0) is 103. The van der Waals surface area contributed by atoms with E-state index in [4.69, 9.17) is 75.3 Å². The van der Waals surface area contributed by atoms with Gasteiger partial charge in [-0.3, -0.25) is 14.4 Å². The van der Waals surface area contributed by atoms with Gasteiger partial charge in [-0.15, -0.1) is 23.2 Å². The Morgan fingerprint density at radius 1 is 0.329 bits per heavy atom. The lowest BCUT2D eigenvalue weighted by Crippen LogP contribution is -2.23. The average Bonchev–Trinajstić information content (AvgIpc) is 1.28. The smallest absolute Gasteiger partial charge is 0.306 e. The lowest BCUT2D eigenvalue weighted by atomic mass is 9.81. The van der Waals surface area contributed by atoms with Crippen LogP contribution in [0.5, 0.6) is 40.2 Å². The monoisotopic (exact) mass is 1960 g/mol. The van der Waals surface area contributed by atoms with Gasteiger partial charge in [-0.05, 0) is 282 Å². The van der Waals surface area contributed by atoms with E-state index in [-0.39, 0.29) is 99.3 Å². The molecule has 23 heteroatoms. The highest BCUT2D eigenvalue weighted by Crippen LogP contribution is 2.51. The molecule has 0 spiro atoms. The highest BCUT2D eigenvalue weighted by molar-refractivity contribution is 6.17. The van der Waals surface area contributed by atoms with Gasteiger partial charge in [-0.2, -0.15) is 0 Å². The molecule has 3 aliphatic rings. The summed E-state index contributed by atoms with van der Waals surface area (Å²) in [5.74, 6) is 1.81. The van der Waals surface area contributed by atoms with Crippen molar-refractivity contribution in [2.75, 3.05) is 64.0 Å². The van der Waals surface area contributed by atoms with Crippen LogP contribution < -0.4 is 28.4 Å². The Morgan fingerprint density at radius 2 is 0.586 bits per heavy atom. The fraction of sp³-hybridized carbons (Fsp3) is 0.410. The van der Waals surface area contributed by atoms with E-state index in [1.807, 2.05) is 129 Å². The average molecular weight is 1960 g/mol. The van der Waals surface area contributed by atoms with Gasteiger partial charge in [0, 0.05) is 78.7 Å². The summed E-state index contributed by atoms with van der Waals surface area (Å²) in [7, 11) is 14.4. The first-order chi connectivity index (χ1) is 66.1. The van der Waals surface area contributed by atoms with E-state index in [9.17, 15) is 47.3 Å². The molecule has 140 heavy (non-hydrogen) atoms. The lowest BCUT2D eigenvalue weighted by molar-refractivity contribution is -0.142. The number of esters is 1. The molecule has 750 valence electrons. The minimum Gasteiger partial charge on any atom is -0.508 e. The number of aryl methyl sites for hydroxylation is 3. The van der Waals surface area contributed by atoms with Gasteiger partial charge >= 0.3 is 17.9 Å². The number of hydrogen-bond acceptors (Lipinski definition) is 15. The Bertz CT molecular complexity index is 5820. The van der Waals surface area contributed by atoms with Gasteiger partial charge in [0.05, 0.1) is 79.2 Å². The number of rotatable bonds is 30. The predicted molar refractivity (Wildman–Crippen MR) is 547 cm³/mol. The minimum absolute atomic E-state index is 0.0975. The van der Waals surface area contributed by atoms with Gasteiger partial charge in [-0.25, -0.2) is 17.6 Å². The van der Waals surface area contributed by atoms with E-state index in [2.05, 4.69) is 90.0 Å². The molecule has 14 rings (SSSR count). The van der Waals surface area contributed by atoms with Crippen molar-refractivity contribution < 1.29 is 99.4 Å². The van der Waals surface area contributed by atoms with E-state index in [1.165, 1.54) is 48.1 Å². The number of carbonyl (C=O) groups is 3. The maximum atomic E-state index is 15.0. The van der Waals surface area contributed by atoms with Crippen LogP contribution in [0.2, 0.25) is 0 Å². The number of phenolic OH excluding ortho intramolecular Hbond substituents is 1. The standard InChI is InChI=1S/2C32H37FO5.2C20H24ClFO2.C13H16O3/c2*1-31(2,3)30(37-6)26-15-20(7-11-24(26)25-16-22(36-5)10-12-28(25)33)19-38-23-9-8-21-13-14-32(4,18-29(34)35)27(21)17-23;2*1-20(2,3)19(24-5)17-10-13(12-21)6-8-15(17)16-11-14(23-4)7-9-18(16)22;1-13(8-12(15)16-2)6-5-9-3-4-10(14)7-11(9)13/h2*7-12,15-17,30H,13-14,18-19H2,1-6H3,(H,34,35);2*6-11,19H,12H2,1-5H3;3-4,7,14H,5-6,8H2,1-2H3/t30-,32+;30-,32-;2*19-;13-/m01101/s1. The van der Waals surface area contributed by atoms with E-state index < -0.39 is 22.8 Å². The fourth-order valence-corrected chi connectivity index (χ4v) is 19.9. The van der Waals surface area contributed by atoms with Gasteiger partial charge in [0.1, 0.15) is 76.7 Å². The first-order valence-corrected chi connectivity index (χ1v) is 48.1. The number of carboxylic acids is 2. The van der Waals surface area contributed by atoms with Gasteiger partial charge in [0.15, 0.2) is 0 Å². The van der Waals surface area contributed by atoms with E-state index in [1.54, 1.807) is 118 Å². The van der Waals surface area contributed by atoms with Crippen molar-refractivity contribution in [3.63, 3.8) is 0 Å². The molecule has 0 aliphatic heterocycles. The number of phenols is 1. The maximum absolute atomic E-state index is 15.0. The molecule has 0 saturated carbocycles. The topological polar surface area (TPSA) is 213 Å². The Morgan fingerprint density at radius 3 is 0.843 bits per heavy atom. The van der Waals surface area contributed by atoms with Crippen LogP contribution in [0.1, 0.15) is 245 Å². The number of ether oxygens (including phenoxy) is 11. The van der Waals surface area contributed by atoms with Crippen molar-refractivity contribution in [3.05, 3.63) is 301 Å². The Labute approximate surface area is 834 Å². The SMILES string of the molecule is COC(=O)C[C@@]1(C)CCc2ccc(O)cc21.COc1ccc(F)c(-c2ccc(CCl)cc2[C@@H](OC)C(C)(C)C)c1.COc1ccc(F)c(-c2ccc(CCl)cc2[C@H](OC)C(C)(C)C)c1.COc1ccc(F)c(-c2ccc(COc3ccc4c(c3)[C@@](C)(CC(=O)O)CC4)cc2[C@@H](OC)C(C)(C)C)c1.COc1ccc(F)c(-c2ccc(COc3ccc4c(c3)[C@@](C)(CC(=O)O)CC4)cc2[C@H](OC)C(C)(C)C)c1. The molecule has 3 aliphatic carbocycles. The number of halogens is 6. The van der Waals surface area contributed by atoms with Crippen LogP contribution >= 0.6 is 23.2 Å². The third-order valence-electron chi connectivity index (χ3n) is 26.5. The van der Waals surface area contributed by atoms with Crippen molar-refractivity contribution in [1.82, 2.24) is 0 Å². The normalized spacial score (nSPS) is 16.6. The highest BCUT2D eigenvalue weighted by Gasteiger charge is 2.41. The molecule has 3 N–H and O–H groups in total. The Kier molecular flexibility index (Phi) is 37.5. The minimum atomic E-state index is -0.793. The number of hydrogen-bond donors (Lipinski definition) is 3. The molecule has 11 aromatic rings. The number of fused-ring (bicyclic) bond motifs is 3. The molecule has 0 bridgehead atoms. The predicted octanol–water partition coefficient (Wildman–Crippen LogP) is 29.1. The van der Waals surface area contributed by atoms with E-state index in [0.29, 0.717) is 88.1 Å². The molecule has 7 atom stereocenters. The van der Waals surface area contributed by atoms with Gasteiger partial charge in [0.25, 0.3) is 0 Å². The molecule has 17 nitrogen and oxygen atoms in total. The number of benzene rings is 11. The number of aromatic hydroxyl groups is 1. The highest BCUT2D eigenvalue weighted by atomic mass is 35.5. The fourth-order valence-electron chi connectivity index (χ4n) is 19.6. The van der Waals surface area contributed by atoms with E-state index in [0.717, 1.165) is 122 Å². The van der Waals surface area contributed by atoms with Crippen LogP contribution in [0.3, 0.4) is 0 Å². The van der Waals surface area contributed by atoms with Crippen LogP contribution in [0.4, 0.5) is 17.6 Å². The third-order valence-corrected chi connectivity index (χ3v) is 27.2. The summed E-state index contributed by atoms with van der Waals surface area (Å²) >= 11 is 12.0. The molecule has 0 saturated heterocycles. The summed E-state index contributed by atoms with van der Waals surface area (Å²) in [4.78, 5) is 34.3. The van der Waals surface area contributed by atoms with Crippen molar-refractivity contribution in [3.8, 4) is 84.8 Å². The Balaban J connectivity index is 0.000000186. The maximum Gasteiger partial charge on any atom is 0.306 e. The second kappa shape index (κ2) is 47.4. The van der Waals surface area contributed by atoms with Crippen LogP contribution in [-0.4, -0.2) is 97.2 Å². The first-order valence-electron chi connectivity index (χ1n) is 47.0. The second-order valence-electron chi connectivity index (χ2n) is 41.4.